The van der Waals surface area contributed by atoms with Gasteiger partial charge in [0.15, 0.2) is 6.29 Å². The van der Waals surface area contributed by atoms with E-state index in [2.05, 4.69) is 55.6 Å². The van der Waals surface area contributed by atoms with Gasteiger partial charge in [0.2, 0.25) is 5.91 Å². The molecule has 9 heteroatoms. The molecule has 0 saturated carbocycles. The van der Waals surface area contributed by atoms with Gasteiger partial charge < -0.3 is 40.3 Å². The zero-order chi connectivity index (χ0) is 44.4. The highest BCUT2D eigenvalue weighted by atomic mass is 16.7. The quantitative estimate of drug-likeness (QED) is 0.0262. The van der Waals surface area contributed by atoms with E-state index in [9.17, 15) is 30.3 Å². The molecule has 1 aliphatic rings. The molecule has 0 bridgehead atoms. The Bertz CT molecular complexity index is 1050. The average Bonchev–Trinajstić information content (AvgIpc) is 3.26. The molecule has 9 nitrogen and oxygen atoms in total. The summed E-state index contributed by atoms with van der Waals surface area (Å²) in [6.07, 6.45) is 45.8. The number of hydrogen-bond donors (Lipinski definition) is 6. The fraction of sp³-hybridized carbons (Fsp3) is 0.865. The van der Waals surface area contributed by atoms with E-state index >= 15 is 0 Å². The van der Waals surface area contributed by atoms with Gasteiger partial charge in [-0.1, -0.05) is 211 Å². The van der Waals surface area contributed by atoms with Gasteiger partial charge >= 0.3 is 0 Å². The molecule has 0 radical (unpaired) electrons. The minimum Gasteiger partial charge on any atom is -0.394 e. The summed E-state index contributed by atoms with van der Waals surface area (Å²) < 4.78 is 11.3. The van der Waals surface area contributed by atoms with Crippen LogP contribution in [-0.2, 0) is 14.3 Å². The molecular formula is C52H97NO8. The van der Waals surface area contributed by atoms with Gasteiger partial charge in [-0.15, -0.1) is 0 Å². The van der Waals surface area contributed by atoms with Gasteiger partial charge in [0.25, 0.3) is 0 Å². The van der Waals surface area contributed by atoms with Crippen molar-refractivity contribution in [3.05, 3.63) is 36.5 Å². The number of aliphatic hydroxyl groups is 5. The summed E-state index contributed by atoms with van der Waals surface area (Å²) in [5.74, 6) is -0.151. The second-order valence-electron chi connectivity index (χ2n) is 18.0. The Kier molecular flexibility index (Phi) is 39.9. The lowest BCUT2D eigenvalue weighted by Crippen LogP contribution is -2.60. The van der Waals surface area contributed by atoms with E-state index in [0.29, 0.717) is 12.8 Å². The first-order valence-corrected chi connectivity index (χ1v) is 25.7. The minimum absolute atomic E-state index is 0.140. The van der Waals surface area contributed by atoms with Crippen LogP contribution >= 0.6 is 0 Å². The lowest BCUT2D eigenvalue weighted by Gasteiger charge is -2.40. The van der Waals surface area contributed by atoms with Gasteiger partial charge in [-0.05, 0) is 51.4 Å². The third kappa shape index (κ3) is 32.7. The summed E-state index contributed by atoms with van der Waals surface area (Å²) in [5, 5.41) is 54.5. The van der Waals surface area contributed by atoms with Gasteiger partial charge in [0, 0.05) is 6.42 Å². The molecule has 1 fully saturated rings. The van der Waals surface area contributed by atoms with Crippen LogP contribution in [-0.4, -0.2) is 87.5 Å². The molecule has 0 aliphatic carbocycles. The number of nitrogens with one attached hydrogen (secondary N) is 1. The first-order valence-electron chi connectivity index (χ1n) is 25.7. The number of carbonyl (C=O) groups excluding carboxylic acids is 1. The molecule has 0 spiro atoms. The van der Waals surface area contributed by atoms with Crippen LogP contribution in [0.1, 0.15) is 232 Å². The SMILES string of the molecule is CCCCCCC/C=C\C/C=C\C/C=C\CCCCCCCCCCC(=O)NC(COC1OC(CO)C(O)C(O)C1O)C(O)CCCCCCCCCCCCCCCCC. The van der Waals surface area contributed by atoms with Crippen LogP contribution in [0.2, 0.25) is 0 Å². The van der Waals surface area contributed by atoms with Gasteiger partial charge in [-0.25, -0.2) is 0 Å². The number of aliphatic hydroxyl groups excluding tert-OH is 5. The summed E-state index contributed by atoms with van der Waals surface area (Å²) in [5.41, 5.74) is 0. The fourth-order valence-corrected chi connectivity index (χ4v) is 8.11. The Morgan fingerprint density at radius 1 is 0.557 bits per heavy atom. The second kappa shape index (κ2) is 42.4. The van der Waals surface area contributed by atoms with Crippen molar-refractivity contribution >= 4 is 5.91 Å². The summed E-state index contributed by atoms with van der Waals surface area (Å²) in [6, 6.07) is -0.722. The molecule has 61 heavy (non-hydrogen) atoms. The predicted octanol–water partition coefficient (Wildman–Crippen LogP) is 11.6. The molecule has 7 unspecified atom stereocenters. The highest BCUT2D eigenvalue weighted by molar-refractivity contribution is 5.76. The van der Waals surface area contributed by atoms with E-state index in [0.717, 1.165) is 57.8 Å². The number of amides is 1. The first-order chi connectivity index (χ1) is 29.8. The maximum atomic E-state index is 13.0. The van der Waals surface area contributed by atoms with Crippen molar-refractivity contribution in [3.8, 4) is 0 Å². The van der Waals surface area contributed by atoms with Gasteiger partial charge in [0.05, 0.1) is 25.4 Å². The Balaban J connectivity index is 2.27. The maximum Gasteiger partial charge on any atom is 0.220 e. The van der Waals surface area contributed by atoms with Crippen LogP contribution in [0.3, 0.4) is 0 Å². The molecule has 1 rings (SSSR count). The van der Waals surface area contributed by atoms with Crippen molar-refractivity contribution in [2.24, 2.45) is 0 Å². The predicted molar refractivity (Wildman–Crippen MR) is 253 cm³/mol. The molecule has 1 saturated heterocycles. The highest BCUT2D eigenvalue weighted by Crippen LogP contribution is 2.23. The van der Waals surface area contributed by atoms with Crippen LogP contribution in [0.15, 0.2) is 36.5 Å². The van der Waals surface area contributed by atoms with E-state index in [1.807, 2.05) is 0 Å². The van der Waals surface area contributed by atoms with Crippen molar-refractivity contribution in [2.75, 3.05) is 13.2 Å². The minimum atomic E-state index is -1.55. The summed E-state index contributed by atoms with van der Waals surface area (Å²) in [6.45, 7) is 3.83. The Morgan fingerprint density at radius 2 is 0.967 bits per heavy atom. The van der Waals surface area contributed by atoms with Gasteiger partial charge in [0.1, 0.15) is 24.4 Å². The summed E-state index contributed by atoms with van der Waals surface area (Å²) in [7, 11) is 0. The van der Waals surface area contributed by atoms with Crippen molar-refractivity contribution in [1.82, 2.24) is 5.32 Å². The lowest BCUT2D eigenvalue weighted by molar-refractivity contribution is -0.302. The average molecular weight is 864 g/mol. The number of ether oxygens (including phenoxy) is 2. The van der Waals surface area contributed by atoms with Crippen molar-refractivity contribution < 1.29 is 39.8 Å². The van der Waals surface area contributed by atoms with Crippen LogP contribution in [0.4, 0.5) is 0 Å². The number of hydrogen-bond acceptors (Lipinski definition) is 8. The fourth-order valence-electron chi connectivity index (χ4n) is 8.11. The summed E-state index contributed by atoms with van der Waals surface area (Å²) in [4.78, 5) is 13.0. The van der Waals surface area contributed by atoms with Crippen LogP contribution in [0.25, 0.3) is 0 Å². The number of allylic oxidation sites excluding steroid dienone is 6. The molecule has 0 aromatic carbocycles. The molecule has 1 heterocycles. The van der Waals surface area contributed by atoms with Crippen LogP contribution in [0, 0.1) is 0 Å². The molecule has 6 N–H and O–H groups in total. The summed E-state index contributed by atoms with van der Waals surface area (Å²) >= 11 is 0. The maximum absolute atomic E-state index is 13.0. The van der Waals surface area contributed by atoms with Crippen molar-refractivity contribution in [1.29, 1.82) is 0 Å². The smallest absolute Gasteiger partial charge is 0.220 e. The molecular weight excluding hydrogens is 767 g/mol. The van der Waals surface area contributed by atoms with Gasteiger partial charge in [-0.3, -0.25) is 4.79 Å². The Morgan fingerprint density at radius 3 is 1.43 bits per heavy atom. The van der Waals surface area contributed by atoms with Crippen LogP contribution < -0.4 is 5.32 Å². The monoisotopic (exact) mass is 864 g/mol. The van der Waals surface area contributed by atoms with Crippen molar-refractivity contribution in [3.63, 3.8) is 0 Å². The number of unbranched alkanes of at least 4 members (excludes halogenated alkanes) is 27. The van der Waals surface area contributed by atoms with Gasteiger partial charge in [-0.2, -0.15) is 0 Å². The first kappa shape index (κ1) is 57.4. The largest absolute Gasteiger partial charge is 0.394 e. The standard InChI is InChI=1S/C52H97NO8/c1-3-5-7-9-11-13-15-17-19-20-21-22-23-24-25-26-28-30-32-34-36-38-40-42-48(56)53-45(44-60-52-51(59)50(58)49(57)47(43-54)61-52)46(55)41-39-37-35-33-31-29-27-18-16-14-12-10-8-6-4-2/h15,17,20-21,23-24,45-47,49-52,54-55,57-59H,3-14,16,18-19,22,25-44H2,1-2H3,(H,53,56)/b17-15-,21-20-,24-23-. The van der Waals surface area contributed by atoms with Crippen molar-refractivity contribution in [2.45, 2.75) is 275 Å². The molecule has 0 aromatic rings. The van der Waals surface area contributed by atoms with E-state index in [-0.39, 0.29) is 12.5 Å². The topological polar surface area (TPSA) is 149 Å². The van der Waals surface area contributed by atoms with E-state index in [1.54, 1.807) is 0 Å². The molecule has 1 aliphatic heterocycles. The number of carbonyl (C=O) groups is 1. The Labute approximate surface area is 374 Å². The second-order valence-corrected chi connectivity index (χ2v) is 18.0. The third-order valence-corrected chi connectivity index (χ3v) is 12.2. The third-order valence-electron chi connectivity index (χ3n) is 12.2. The highest BCUT2D eigenvalue weighted by Gasteiger charge is 2.44. The molecule has 1 amide bonds. The molecule has 0 aromatic heterocycles. The molecule has 358 valence electrons. The molecule has 7 atom stereocenters. The van der Waals surface area contributed by atoms with E-state index in [4.69, 9.17) is 9.47 Å². The zero-order valence-corrected chi connectivity index (χ0v) is 39.4. The Hall–Kier alpha value is -1.59. The van der Waals surface area contributed by atoms with Crippen LogP contribution in [0.5, 0.6) is 0 Å². The van der Waals surface area contributed by atoms with E-state index in [1.165, 1.54) is 148 Å². The van der Waals surface area contributed by atoms with E-state index < -0.39 is 49.5 Å². The zero-order valence-electron chi connectivity index (χ0n) is 39.4. The normalized spacial score (nSPS) is 20.7. The number of rotatable bonds is 43. The lowest BCUT2D eigenvalue weighted by atomic mass is 9.99.